The fourth-order valence-electron chi connectivity index (χ4n) is 1.22. The van der Waals surface area contributed by atoms with Gasteiger partial charge in [-0.15, -0.1) is 10.2 Å². The molecule has 17 heavy (non-hydrogen) atoms. The van der Waals surface area contributed by atoms with Gasteiger partial charge in [-0.3, -0.25) is 0 Å². The number of hydrogen-bond acceptors (Lipinski definition) is 3. The summed E-state index contributed by atoms with van der Waals surface area (Å²) >= 11 is 0. The lowest BCUT2D eigenvalue weighted by Crippen LogP contribution is -1.76. The summed E-state index contributed by atoms with van der Waals surface area (Å²) < 4.78 is 26.4. The maximum absolute atomic E-state index is 13.2. The van der Waals surface area contributed by atoms with Gasteiger partial charge in [0.15, 0.2) is 11.6 Å². The molecule has 1 N–H and O–H groups in total. The van der Waals surface area contributed by atoms with Gasteiger partial charge >= 0.3 is 0 Å². The molecule has 86 valence electrons. The Labute approximate surface area is 96.1 Å². The van der Waals surface area contributed by atoms with Gasteiger partial charge in [0, 0.05) is 6.07 Å². The van der Waals surface area contributed by atoms with Crippen molar-refractivity contribution in [2.75, 3.05) is 0 Å². The zero-order chi connectivity index (χ0) is 12.3. The second-order valence-electron chi connectivity index (χ2n) is 3.29. The minimum atomic E-state index is -0.718. The predicted molar refractivity (Wildman–Crippen MR) is 58.6 cm³/mol. The van der Waals surface area contributed by atoms with E-state index in [4.69, 9.17) is 5.11 Å². The van der Waals surface area contributed by atoms with Crippen LogP contribution in [-0.4, -0.2) is 5.11 Å². The Morgan fingerprint density at radius 1 is 0.824 bits per heavy atom. The molecule has 0 amide bonds. The van der Waals surface area contributed by atoms with Gasteiger partial charge in [-0.1, -0.05) is 12.1 Å². The summed E-state index contributed by atoms with van der Waals surface area (Å²) in [5.74, 6) is -1.45. The van der Waals surface area contributed by atoms with E-state index in [0.29, 0.717) is 0 Å². The van der Waals surface area contributed by atoms with Gasteiger partial charge in [0.2, 0.25) is 0 Å². The molecule has 0 aromatic heterocycles. The standard InChI is InChI=1S/C12H8F2N2O/c13-9-3-1-2-4-11(9)15-16-12-6-5-8(17)7-10(12)14/h1-7,17H. The molecular weight excluding hydrogens is 226 g/mol. The van der Waals surface area contributed by atoms with Crippen LogP contribution in [0.25, 0.3) is 0 Å². The minimum Gasteiger partial charge on any atom is -0.508 e. The molecule has 0 radical (unpaired) electrons. The lowest BCUT2D eigenvalue weighted by atomic mass is 10.3. The van der Waals surface area contributed by atoms with Crippen molar-refractivity contribution in [1.29, 1.82) is 0 Å². The summed E-state index contributed by atoms with van der Waals surface area (Å²) in [6.45, 7) is 0. The molecule has 2 rings (SSSR count). The number of phenolic OH excluding ortho intramolecular Hbond substituents is 1. The molecule has 0 fully saturated rings. The first-order valence-corrected chi connectivity index (χ1v) is 4.81. The molecule has 2 aromatic carbocycles. The SMILES string of the molecule is Oc1ccc(N=Nc2ccccc2F)c(F)c1. The maximum atomic E-state index is 13.2. The van der Waals surface area contributed by atoms with E-state index in [1.54, 1.807) is 6.07 Å². The van der Waals surface area contributed by atoms with E-state index in [1.807, 2.05) is 0 Å². The third-order valence-electron chi connectivity index (χ3n) is 2.05. The van der Waals surface area contributed by atoms with Crippen LogP contribution < -0.4 is 0 Å². The van der Waals surface area contributed by atoms with Gasteiger partial charge < -0.3 is 5.11 Å². The van der Waals surface area contributed by atoms with Crippen molar-refractivity contribution < 1.29 is 13.9 Å². The zero-order valence-electron chi connectivity index (χ0n) is 8.64. The molecule has 2 aromatic rings. The number of benzene rings is 2. The van der Waals surface area contributed by atoms with E-state index < -0.39 is 11.6 Å². The predicted octanol–water partition coefficient (Wildman–Crippen LogP) is 4.09. The first kappa shape index (κ1) is 11.2. The number of hydrogen-bond donors (Lipinski definition) is 1. The monoisotopic (exact) mass is 234 g/mol. The smallest absolute Gasteiger partial charge is 0.154 e. The number of aromatic hydroxyl groups is 1. The largest absolute Gasteiger partial charge is 0.508 e. The van der Waals surface area contributed by atoms with E-state index >= 15 is 0 Å². The van der Waals surface area contributed by atoms with Gasteiger partial charge in [0.1, 0.15) is 17.1 Å². The van der Waals surface area contributed by atoms with Gasteiger partial charge in [0.25, 0.3) is 0 Å². The Morgan fingerprint density at radius 2 is 1.47 bits per heavy atom. The van der Waals surface area contributed by atoms with Crippen molar-refractivity contribution >= 4 is 11.4 Å². The summed E-state index contributed by atoms with van der Waals surface area (Å²) in [5, 5.41) is 16.2. The molecule has 0 atom stereocenters. The fourth-order valence-corrected chi connectivity index (χ4v) is 1.22. The molecule has 0 aliphatic carbocycles. The van der Waals surface area contributed by atoms with Gasteiger partial charge in [-0.2, -0.15) is 0 Å². The first-order valence-electron chi connectivity index (χ1n) is 4.81. The molecule has 0 saturated heterocycles. The number of nitrogens with zero attached hydrogens (tertiary/aromatic N) is 2. The Balaban J connectivity index is 2.29. The van der Waals surface area contributed by atoms with Crippen LogP contribution in [0.15, 0.2) is 52.7 Å². The minimum absolute atomic E-state index is 0.0278. The molecule has 0 saturated carbocycles. The van der Waals surface area contributed by atoms with Crippen LogP contribution in [0.3, 0.4) is 0 Å². The van der Waals surface area contributed by atoms with Crippen LogP contribution in [0.1, 0.15) is 0 Å². The van der Waals surface area contributed by atoms with Crippen LogP contribution in [0, 0.1) is 11.6 Å². The first-order chi connectivity index (χ1) is 8.16. The number of rotatable bonds is 2. The highest BCUT2D eigenvalue weighted by Crippen LogP contribution is 2.25. The summed E-state index contributed by atoms with van der Waals surface area (Å²) in [4.78, 5) is 0. The molecule has 0 aliphatic rings. The molecule has 0 heterocycles. The van der Waals surface area contributed by atoms with Crippen molar-refractivity contribution in [3.05, 3.63) is 54.1 Å². The Kier molecular flexibility index (Phi) is 3.09. The average molecular weight is 234 g/mol. The van der Waals surface area contributed by atoms with Crippen LogP contribution in [0.5, 0.6) is 5.75 Å². The van der Waals surface area contributed by atoms with Crippen molar-refractivity contribution in [3.8, 4) is 5.75 Å². The maximum Gasteiger partial charge on any atom is 0.154 e. The molecule has 3 nitrogen and oxygen atoms in total. The summed E-state index contributed by atoms with van der Waals surface area (Å²) in [6.07, 6.45) is 0. The topological polar surface area (TPSA) is 45.0 Å². The summed E-state index contributed by atoms with van der Waals surface area (Å²) in [6, 6.07) is 9.24. The second kappa shape index (κ2) is 4.69. The Morgan fingerprint density at radius 3 is 2.12 bits per heavy atom. The van der Waals surface area contributed by atoms with E-state index in [1.165, 1.54) is 30.3 Å². The molecular formula is C12H8F2N2O. The van der Waals surface area contributed by atoms with Gasteiger partial charge in [-0.25, -0.2) is 8.78 Å². The van der Waals surface area contributed by atoms with Crippen molar-refractivity contribution in [2.24, 2.45) is 10.2 Å². The average Bonchev–Trinajstić information content (AvgIpc) is 2.30. The highest BCUT2D eigenvalue weighted by atomic mass is 19.1. The highest BCUT2D eigenvalue weighted by Gasteiger charge is 2.03. The molecule has 0 bridgehead atoms. The van der Waals surface area contributed by atoms with Crippen LogP contribution >= 0.6 is 0 Å². The van der Waals surface area contributed by atoms with E-state index in [2.05, 4.69) is 10.2 Å². The number of phenols is 1. The molecule has 0 unspecified atom stereocenters. The second-order valence-corrected chi connectivity index (χ2v) is 3.29. The van der Waals surface area contributed by atoms with Crippen molar-refractivity contribution in [3.63, 3.8) is 0 Å². The summed E-state index contributed by atoms with van der Waals surface area (Å²) in [5.41, 5.74) is -0.0361. The third kappa shape index (κ3) is 2.63. The van der Waals surface area contributed by atoms with Crippen LogP contribution in [0.2, 0.25) is 0 Å². The normalized spacial score (nSPS) is 10.9. The van der Waals surface area contributed by atoms with Crippen LogP contribution in [-0.2, 0) is 0 Å². The molecule has 0 spiro atoms. The zero-order valence-corrected chi connectivity index (χ0v) is 8.64. The van der Waals surface area contributed by atoms with Gasteiger partial charge in [-0.05, 0) is 24.3 Å². The lowest BCUT2D eigenvalue weighted by molar-refractivity contribution is 0.469. The number of azo groups is 1. The van der Waals surface area contributed by atoms with Crippen LogP contribution in [0.4, 0.5) is 20.2 Å². The summed E-state index contributed by atoms with van der Waals surface area (Å²) in [7, 11) is 0. The number of halogens is 2. The van der Waals surface area contributed by atoms with E-state index in [0.717, 1.165) is 6.07 Å². The highest BCUT2D eigenvalue weighted by molar-refractivity contribution is 5.44. The lowest BCUT2D eigenvalue weighted by Gasteiger charge is -1.97. The Bertz CT molecular complexity index is 570. The van der Waals surface area contributed by atoms with E-state index in [-0.39, 0.29) is 17.1 Å². The fraction of sp³-hybridized carbons (Fsp3) is 0. The Hall–Kier alpha value is -2.30. The molecule has 0 aliphatic heterocycles. The van der Waals surface area contributed by atoms with Crippen molar-refractivity contribution in [1.82, 2.24) is 0 Å². The quantitative estimate of drug-likeness (QED) is 0.781. The van der Waals surface area contributed by atoms with Crippen molar-refractivity contribution in [2.45, 2.75) is 0 Å². The molecule has 5 heteroatoms. The van der Waals surface area contributed by atoms with Gasteiger partial charge in [0.05, 0.1) is 0 Å². The third-order valence-corrected chi connectivity index (χ3v) is 2.05. The van der Waals surface area contributed by atoms with E-state index in [9.17, 15) is 8.78 Å².